The summed E-state index contributed by atoms with van der Waals surface area (Å²) in [6.07, 6.45) is 6.40. The lowest BCUT2D eigenvalue weighted by Crippen LogP contribution is -2.42. The first-order valence-electron chi connectivity index (χ1n) is 10.6. The molecular formula is C23H32N4O3. The zero-order valence-electron chi connectivity index (χ0n) is 18.1. The van der Waals surface area contributed by atoms with Gasteiger partial charge in [-0.2, -0.15) is 5.10 Å². The van der Waals surface area contributed by atoms with Crippen LogP contribution < -0.4 is 5.32 Å². The number of amides is 2. The standard InChI is InChI=1S/C23H32N4O3/c1-23(2,3)30-22(29)24-15-18-11-13-26(14-12-18)21(28)10-9-19-16-25-27(17-19)20-7-5-4-6-8-20/h4-8,16-18H,9-15H2,1-3H3,(H,24,29). The van der Waals surface area contributed by atoms with Crippen LogP contribution in [-0.4, -0.2) is 51.9 Å². The molecule has 0 aliphatic carbocycles. The number of carbonyl (C=O) groups is 2. The van der Waals surface area contributed by atoms with E-state index in [1.165, 1.54) is 0 Å². The van der Waals surface area contributed by atoms with Crippen LogP contribution in [0.4, 0.5) is 4.79 Å². The van der Waals surface area contributed by atoms with Crippen molar-refractivity contribution in [2.45, 2.75) is 52.1 Å². The molecule has 2 heterocycles. The van der Waals surface area contributed by atoms with Crippen molar-refractivity contribution in [2.75, 3.05) is 19.6 Å². The number of hydrogen-bond donors (Lipinski definition) is 1. The molecule has 30 heavy (non-hydrogen) atoms. The number of piperidine rings is 1. The molecule has 0 radical (unpaired) electrons. The van der Waals surface area contributed by atoms with Gasteiger partial charge in [0.15, 0.2) is 0 Å². The summed E-state index contributed by atoms with van der Waals surface area (Å²) in [7, 11) is 0. The van der Waals surface area contributed by atoms with Gasteiger partial charge in [-0.15, -0.1) is 0 Å². The normalized spacial score (nSPS) is 15.1. The lowest BCUT2D eigenvalue weighted by atomic mass is 9.96. The van der Waals surface area contributed by atoms with E-state index in [2.05, 4.69) is 10.4 Å². The quantitative estimate of drug-likeness (QED) is 0.787. The van der Waals surface area contributed by atoms with Crippen LogP contribution in [0.3, 0.4) is 0 Å². The Kier molecular flexibility index (Phi) is 7.13. The maximum Gasteiger partial charge on any atom is 0.407 e. The van der Waals surface area contributed by atoms with Crippen LogP contribution in [0.2, 0.25) is 0 Å². The lowest BCUT2D eigenvalue weighted by molar-refractivity contribution is -0.132. The molecule has 2 aromatic rings. The van der Waals surface area contributed by atoms with Crippen molar-refractivity contribution in [3.8, 4) is 5.69 Å². The van der Waals surface area contributed by atoms with Gasteiger partial charge in [-0.25, -0.2) is 9.48 Å². The average molecular weight is 413 g/mol. The minimum atomic E-state index is -0.489. The number of alkyl carbamates (subject to hydrolysis) is 1. The van der Waals surface area contributed by atoms with Gasteiger partial charge in [0, 0.05) is 32.3 Å². The number of para-hydroxylation sites is 1. The van der Waals surface area contributed by atoms with Gasteiger partial charge in [-0.1, -0.05) is 18.2 Å². The Hall–Kier alpha value is -2.83. The third kappa shape index (κ3) is 6.61. The van der Waals surface area contributed by atoms with E-state index in [9.17, 15) is 9.59 Å². The Balaban J connectivity index is 1.38. The fraction of sp³-hybridized carbons (Fsp3) is 0.522. The molecule has 1 N–H and O–H groups in total. The molecule has 1 aromatic carbocycles. The second-order valence-electron chi connectivity index (χ2n) is 8.84. The zero-order chi connectivity index (χ0) is 21.6. The molecule has 3 rings (SSSR count). The summed E-state index contributed by atoms with van der Waals surface area (Å²) in [6, 6.07) is 9.94. The van der Waals surface area contributed by atoms with Crippen LogP contribution >= 0.6 is 0 Å². The highest BCUT2D eigenvalue weighted by Gasteiger charge is 2.24. The number of hydrogen-bond acceptors (Lipinski definition) is 4. The van der Waals surface area contributed by atoms with Gasteiger partial charge in [-0.3, -0.25) is 4.79 Å². The largest absolute Gasteiger partial charge is 0.444 e. The van der Waals surface area contributed by atoms with Gasteiger partial charge < -0.3 is 15.0 Å². The van der Waals surface area contributed by atoms with Crippen LogP contribution in [-0.2, 0) is 16.0 Å². The molecule has 162 valence electrons. The SMILES string of the molecule is CC(C)(C)OC(=O)NCC1CCN(C(=O)CCc2cnn(-c3ccccc3)c2)CC1. The number of rotatable bonds is 6. The summed E-state index contributed by atoms with van der Waals surface area (Å²) in [5.41, 5.74) is 1.58. The van der Waals surface area contributed by atoms with Crippen molar-refractivity contribution in [1.29, 1.82) is 0 Å². The minimum absolute atomic E-state index is 0.181. The molecule has 2 amide bonds. The Morgan fingerprint density at radius 3 is 2.53 bits per heavy atom. The van der Waals surface area contributed by atoms with Gasteiger partial charge in [0.1, 0.15) is 5.60 Å². The van der Waals surface area contributed by atoms with Gasteiger partial charge >= 0.3 is 6.09 Å². The molecule has 1 aromatic heterocycles. The van der Waals surface area contributed by atoms with Gasteiger partial charge in [-0.05, 0) is 63.6 Å². The molecular weight excluding hydrogens is 380 g/mol. The minimum Gasteiger partial charge on any atom is -0.444 e. The van der Waals surface area contributed by atoms with Crippen molar-refractivity contribution in [3.05, 3.63) is 48.3 Å². The molecule has 0 spiro atoms. The number of likely N-dealkylation sites (tertiary alicyclic amines) is 1. The molecule has 1 aliphatic rings. The zero-order valence-corrected chi connectivity index (χ0v) is 18.1. The fourth-order valence-corrected chi connectivity index (χ4v) is 3.55. The third-order valence-corrected chi connectivity index (χ3v) is 5.19. The maximum absolute atomic E-state index is 12.6. The summed E-state index contributed by atoms with van der Waals surface area (Å²) in [5.74, 6) is 0.562. The van der Waals surface area contributed by atoms with Crippen LogP contribution in [0.25, 0.3) is 5.69 Å². The first-order valence-corrected chi connectivity index (χ1v) is 10.6. The van der Waals surface area contributed by atoms with Crippen LogP contribution in [0.5, 0.6) is 0 Å². The second kappa shape index (κ2) is 9.78. The van der Waals surface area contributed by atoms with Crippen molar-refractivity contribution in [1.82, 2.24) is 20.0 Å². The Morgan fingerprint density at radius 1 is 1.17 bits per heavy atom. The predicted octanol–water partition coefficient (Wildman–Crippen LogP) is 3.57. The number of ether oxygens (including phenoxy) is 1. The van der Waals surface area contributed by atoms with Gasteiger partial charge in [0.05, 0.1) is 11.9 Å². The molecule has 1 saturated heterocycles. The predicted molar refractivity (Wildman–Crippen MR) is 115 cm³/mol. The molecule has 0 saturated carbocycles. The van der Waals surface area contributed by atoms with Crippen LogP contribution in [0, 0.1) is 5.92 Å². The molecule has 0 atom stereocenters. The van der Waals surface area contributed by atoms with Gasteiger partial charge in [0.2, 0.25) is 5.91 Å². The highest BCUT2D eigenvalue weighted by atomic mass is 16.6. The van der Waals surface area contributed by atoms with E-state index < -0.39 is 5.60 Å². The van der Waals surface area contributed by atoms with E-state index in [0.29, 0.717) is 25.3 Å². The molecule has 7 heteroatoms. The van der Waals surface area contributed by atoms with E-state index in [1.807, 2.05) is 73.1 Å². The molecule has 0 unspecified atom stereocenters. The summed E-state index contributed by atoms with van der Waals surface area (Å²) in [4.78, 5) is 26.3. The molecule has 1 fully saturated rings. The van der Waals surface area contributed by atoms with E-state index in [0.717, 1.165) is 37.2 Å². The number of carbonyl (C=O) groups excluding carboxylic acids is 2. The number of aryl methyl sites for hydroxylation is 1. The Labute approximate surface area is 178 Å². The molecule has 7 nitrogen and oxygen atoms in total. The number of nitrogens with one attached hydrogen (secondary N) is 1. The molecule has 1 aliphatic heterocycles. The first kappa shape index (κ1) is 21.9. The van der Waals surface area contributed by atoms with Crippen molar-refractivity contribution in [2.24, 2.45) is 5.92 Å². The molecule has 0 bridgehead atoms. The second-order valence-corrected chi connectivity index (χ2v) is 8.84. The summed E-state index contributed by atoms with van der Waals surface area (Å²) in [5, 5.41) is 7.23. The Morgan fingerprint density at radius 2 is 1.87 bits per heavy atom. The summed E-state index contributed by atoms with van der Waals surface area (Å²) in [6.45, 7) is 7.62. The first-order chi connectivity index (χ1) is 14.3. The number of benzene rings is 1. The monoisotopic (exact) mass is 412 g/mol. The highest BCUT2D eigenvalue weighted by Crippen LogP contribution is 2.18. The van der Waals surface area contributed by atoms with Crippen molar-refractivity contribution >= 4 is 12.0 Å². The average Bonchev–Trinajstić information content (AvgIpc) is 3.19. The topological polar surface area (TPSA) is 76.5 Å². The van der Waals surface area contributed by atoms with E-state index in [1.54, 1.807) is 0 Å². The summed E-state index contributed by atoms with van der Waals surface area (Å²) >= 11 is 0. The highest BCUT2D eigenvalue weighted by molar-refractivity contribution is 5.76. The van der Waals surface area contributed by atoms with E-state index in [4.69, 9.17) is 4.74 Å². The maximum atomic E-state index is 12.6. The van der Waals surface area contributed by atoms with E-state index >= 15 is 0 Å². The number of nitrogens with zero attached hydrogens (tertiary/aromatic N) is 3. The Bertz CT molecular complexity index is 834. The number of aromatic nitrogens is 2. The van der Waals surface area contributed by atoms with E-state index in [-0.39, 0.29) is 12.0 Å². The third-order valence-electron chi connectivity index (χ3n) is 5.19. The smallest absolute Gasteiger partial charge is 0.407 e. The van der Waals surface area contributed by atoms with Gasteiger partial charge in [0.25, 0.3) is 0 Å². The fourth-order valence-electron chi connectivity index (χ4n) is 3.55. The van der Waals surface area contributed by atoms with Crippen LogP contribution in [0.15, 0.2) is 42.7 Å². The van der Waals surface area contributed by atoms with Crippen molar-refractivity contribution in [3.63, 3.8) is 0 Å². The summed E-state index contributed by atoms with van der Waals surface area (Å²) < 4.78 is 7.11. The lowest BCUT2D eigenvalue weighted by Gasteiger charge is -2.32. The van der Waals surface area contributed by atoms with Crippen molar-refractivity contribution < 1.29 is 14.3 Å². The van der Waals surface area contributed by atoms with Crippen LogP contribution in [0.1, 0.15) is 45.6 Å².